The molecule has 1 aliphatic rings. The zero-order valence-corrected chi connectivity index (χ0v) is 15.2. The summed E-state index contributed by atoms with van der Waals surface area (Å²) in [7, 11) is 0. The van der Waals surface area contributed by atoms with Crippen molar-refractivity contribution in [3.63, 3.8) is 0 Å². The van der Waals surface area contributed by atoms with Crippen LogP contribution in [0.1, 0.15) is 5.69 Å². The van der Waals surface area contributed by atoms with Crippen molar-refractivity contribution >= 4 is 18.1 Å². The number of ether oxygens (including phenoxy) is 1. The van der Waals surface area contributed by atoms with E-state index < -0.39 is 5.54 Å². The van der Waals surface area contributed by atoms with Crippen molar-refractivity contribution < 1.29 is 13.9 Å². The quantitative estimate of drug-likeness (QED) is 0.608. The number of hydrogen-bond donors (Lipinski definition) is 2. The van der Waals surface area contributed by atoms with E-state index in [0.717, 1.165) is 12.1 Å². The molecule has 3 heterocycles. The fraction of sp³-hybridized carbons (Fsp3) is 0.250. The summed E-state index contributed by atoms with van der Waals surface area (Å²) in [4.78, 5) is 22.2. The molecule has 8 heteroatoms. The molecule has 2 N–H and O–H groups in total. The minimum Gasteiger partial charge on any atom is -0.489 e. The SMILES string of the molecule is O=CN1CCNCC1(COc1cccnc1)c1coc(Nc2ccccc2)n1. The molecule has 144 valence electrons. The summed E-state index contributed by atoms with van der Waals surface area (Å²) in [6.45, 7) is 1.99. The van der Waals surface area contributed by atoms with Crippen molar-refractivity contribution in [1.29, 1.82) is 0 Å². The van der Waals surface area contributed by atoms with Gasteiger partial charge in [-0.05, 0) is 24.3 Å². The van der Waals surface area contributed by atoms with Gasteiger partial charge in [-0.3, -0.25) is 9.78 Å². The molecular weight excluding hydrogens is 358 g/mol. The van der Waals surface area contributed by atoms with Crippen molar-refractivity contribution in [2.24, 2.45) is 0 Å². The molecule has 1 saturated heterocycles. The van der Waals surface area contributed by atoms with Crippen molar-refractivity contribution in [2.75, 3.05) is 31.6 Å². The third kappa shape index (κ3) is 3.67. The average Bonchev–Trinajstić information content (AvgIpc) is 3.23. The summed E-state index contributed by atoms with van der Waals surface area (Å²) in [5, 5.41) is 6.47. The first-order chi connectivity index (χ1) is 13.8. The number of carbonyl (C=O) groups is 1. The third-order valence-corrected chi connectivity index (χ3v) is 4.74. The number of piperazine rings is 1. The topological polar surface area (TPSA) is 92.5 Å². The van der Waals surface area contributed by atoms with Crippen LogP contribution in [0.2, 0.25) is 0 Å². The third-order valence-electron chi connectivity index (χ3n) is 4.74. The lowest BCUT2D eigenvalue weighted by atomic mass is 9.92. The highest BCUT2D eigenvalue weighted by atomic mass is 16.5. The summed E-state index contributed by atoms with van der Waals surface area (Å²) >= 11 is 0. The zero-order valence-electron chi connectivity index (χ0n) is 15.2. The van der Waals surface area contributed by atoms with E-state index in [2.05, 4.69) is 20.6 Å². The fourth-order valence-corrected chi connectivity index (χ4v) is 3.23. The number of oxazole rings is 1. The number of rotatable bonds is 7. The van der Waals surface area contributed by atoms with Gasteiger partial charge in [-0.25, -0.2) is 0 Å². The van der Waals surface area contributed by atoms with Gasteiger partial charge < -0.3 is 24.7 Å². The summed E-state index contributed by atoms with van der Waals surface area (Å²) in [6.07, 6.45) is 5.73. The molecule has 1 aromatic carbocycles. The lowest BCUT2D eigenvalue weighted by Gasteiger charge is -2.43. The predicted octanol–water partition coefficient (Wildman–Crippen LogP) is 2.15. The van der Waals surface area contributed by atoms with Gasteiger partial charge in [-0.15, -0.1) is 0 Å². The Morgan fingerprint density at radius 3 is 2.96 bits per heavy atom. The molecule has 2 aromatic heterocycles. The Balaban J connectivity index is 1.61. The summed E-state index contributed by atoms with van der Waals surface area (Å²) < 4.78 is 11.6. The van der Waals surface area contributed by atoms with Crippen molar-refractivity contribution in [3.8, 4) is 5.75 Å². The molecule has 0 radical (unpaired) electrons. The maximum atomic E-state index is 11.8. The molecule has 1 atom stereocenters. The van der Waals surface area contributed by atoms with E-state index in [9.17, 15) is 4.79 Å². The van der Waals surface area contributed by atoms with E-state index in [1.165, 1.54) is 0 Å². The monoisotopic (exact) mass is 379 g/mol. The van der Waals surface area contributed by atoms with E-state index in [4.69, 9.17) is 9.15 Å². The van der Waals surface area contributed by atoms with E-state index >= 15 is 0 Å². The lowest BCUT2D eigenvalue weighted by molar-refractivity contribution is -0.127. The van der Waals surface area contributed by atoms with Crippen molar-refractivity contribution in [2.45, 2.75) is 5.54 Å². The molecule has 0 bridgehead atoms. The standard InChI is InChI=1S/C20H21N5O3/c26-15-25-10-9-22-13-20(25,14-28-17-7-4-8-21-11-17)18-12-27-19(24-18)23-16-5-2-1-3-6-16/h1-8,11-12,15,22H,9-10,13-14H2,(H,23,24). The molecule has 4 rings (SSSR count). The Morgan fingerprint density at radius 1 is 1.29 bits per heavy atom. The molecule has 3 aromatic rings. The Labute approximate surface area is 162 Å². The molecule has 0 saturated carbocycles. The van der Waals surface area contributed by atoms with E-state index in [0.29, 0.717) is 37.1 Å². The van der Waals surface area contributed by atoms with Crippen molar-refractivity contribution in [1.82, 2.24) is 20.2 Å². The minimum atomic E-state index is -0.782. The van der Waals surface area contributed by atoms with Gasteiger partial charge in [-0.2, -0.15) is 4.98 Å². The highest BCUT2D eigenvalue weighted by Gasteiger charge is 2.44. The van der Waals surface area contributed by atoms with Crippen LogP contribution in [0, 0.1) is 0 Å². The Kier molecular flexibility index (Phi) is 5.20. The molecule has 1 fully saturated rings. The van der Waals surface area contributed by atoms with E-state index in [1.807, 2.05) is 36.4 Å². The molecule has 28 heavy (non-hydrogen) atoms. The fourth-order valence-electron chi connectivity index (χ4n) is 3.23. The Hall–Kier alpha value is -3.39. The number of hydrogen-bond acceptors (Lipinski definition) is 7. The number of nitrogens with zero attached hydrogens (tertiary/aromatic N) is 3. The number of amides is 1. The first-order valence-electron chi connectivity index (χ1n) is 9.04. The van der Waals surface area contributed by atoms with Crippen LogP contribution in [0.25, 0.3) is 0 Å². The van der Waals surface area contributed by atoms with Crippen LogP contribution in [0.15, 0.2) is 65.5 Å². The Bertz CT molecular complexity index is 902. The Morgan fingerprint density at radius 2 is 2.18 bits per heavy atom. The largest absolute Gasteiger partial charge is 0.489 e. The van der Waals surface area contributed by atoms with Crippen LogP contribution in [-0.2, 0) is 10.3 Å². The second kappa shape index (κ2) is 8.10. The van der Waals surface area contributed by atoms with Gasteiger partial charge in [0.15, 0.2) is 0 Å². The predicted molar refractivity (Wildman–Crippen MR) is 103 cm³/mol. The average molecular weight is 379 g/mol. The molecule has 1 unspecified atom stereocenters. The van der Waals surface area contributed by atoms with Gasteiger partial charge >= 0.3 is 0 Å². The number of pyridine rings is 1. The van der Waals surface area contributed by atoms with Gasteiger partial charge in [0.1, 0.15) is 29.9 Å². The van der Waals surface area contributed by atoms with Gasteiger partial charge in [0, 0.05) is 31.5 Å². The maximum Gasteiger partial charge on any atom is 0.299 e. The molecule has 1 aliphatic heterocycles. The smallest absolute Gasteiger partial charge is 0.299 e. The van der Waals surface area contributed by atoms with Crippen LogP contribution in [0.4, 0.5) is 11.7 Å². The number of nitrogens with one attached hydrogen (secondary N) is 2. The first-order valence-corrected chi connectivity index (χ1v) is 9.04. The molecule has 8 nitrogen and oxygen atoms in total. The van der Waals surface area contributed by atoms with Gasteiger partial charge in [0.25, 0.3) is 6.01 Å². The van der Waals surface area contributed by atoms with E-state index in [1.54, 1.807) is 29.6 Å². The second-order valence-corrected chi connectivity index (χ2v) is 6.51. The van der Waals surface area contributed by atoms with Gasteiger partial charge in [-0.1, -0.05) is 18.2 Å². The normalized spacial score (nSPS) is 19.2. The molecule has 0 aliphatic carbocycles. The lowest BCUT2D eigenvalue weighted by Crippen LogP contribution is -2.61. The van der Waals surface area contributed by atoms with Crippen molar-refractivity contribution in [3.05, 3.63) is 66.8 Å². The van der Waals surface area contributed by atoms with Gasteiger partial charge in [0.2, 0.25) is 6.41 Å². The number of aromatic nitrogens is 2. The minimum absolute atomic E-state index is 0.224. The number of carbonyl (C=O) groups excluding carboxylic acids is 1. The summed E-state index contributed by atoms with van der Waals surface area (Å²) in [5.41, 5.74) is 0.704. The molecule has 0 spiro atoms. The number of para-hydroxylation sites is 1. The van der Waals surface area contributed by atoms with Crippen LogP contribution in [-0.4, -0.2) is 47.5 Å². The first kappa shape index (κ1) is 18.0. The highest BCUT2D eigenvalue weighted by Crippen LogP contribution is 2.31. The zero-order chi connectivity index (χ0) is 19.2. The van der Waals surface area contributed by atoms with Gasteiger partial charge in [0.05, 0.1) is 6.20 Å². The molecular formula is C20H21N5O3. The second-order valence-electron chi connectivity index (χ2n) is 6.51. The maximum absolute atomic E-state index is 11.8. The molecule has 1 amide bonds. The number of benzene rings is 1. The van der Waals surface area contributed by atoms with Crippen LogP contribution >= 0.6 is 0 Å². The van der Waals surface area contributed by atoms with Crippen LogP contribution in [0.3, 0.4) is 0 Å². The van der Waals surface area contributed by atoms with Crippen LogP contribution < -0.4 is 15.4 Å². The summed E-state index contributed by atoms with van der Waals surface area (Å²) in [5.74, 6) is 0.629. The highest BCUT2D eigenvalue weighted by molar-refractivity contribution is 5.53. The van der Waals surface area contributed by atoms with Crippen LogP contribution in [0.5, 0.6) is 5.75 Å². The number of anilines is 2. The summed E-state index contributed by atoms with van der Waals surface area (Å²) in [6, 6.07) is 13.6. The van der Waals surface area contributed by atoms with E-state index in [-0.39, 0.29) is 6.61 Å².